The van der Waals surface area contributed by atoms with Crippen LogP contribution in [0.2, 0.25) is 0 Å². The minimum Gasteiger partial charge on any atom is -0.481 e. The van der Waals surface area contributed by atoms with Crippen LogP contribution < -0.4 is 5.32 Å². The Morgan fingerprint density at radius 3 is 2.92 bits per heavy atom. The molecule has 3 heterocycles. The molecule has 0 aliphatic heterocycles. The van der Waals surface area contributed by atoms with Crippen LogP contribution in [0.5, 0.6) is 0 Å². The highest BCUT2D eigenvalue weighted by Crippen LogP contribution is 2.39. The molecular weight excluding hydrogens is 350 g/mol. The van der Waals surface area contributed by atoms with Crippen LogP contribution in [0.1, 0.15) is 36.1 Å². The second kappa shape index (κ2) is 7.33. The molecule has 0 unspecified atom stereocenters. The minimum atomic E-state index is -0.784. The predicted octanol–water partition coefficient (Wildman–Crippen LogP) is 3.30. The van der Waals surface area contributed by atoms with E-state index in [0.29, 0.717) is 24.5 Å². The summed E-state index contributed by atoms with van der Waals surface area (Å²) in [6.45, 7) is 0.558. The van der Waals surface area contributed by atoms with Crippen molar-refractivity contribution in [1.29, 1.82) is 0 Å². The number of aliphatic carboxylic acids is 1. The van der Waals surface area contributed by atoms with E-state index in [9.17, 15) is 4.79 Å². The van der Waals surface area contributed by atoms with Crippen LogP contribution in [0.4, 0.5) is 5.82 Å². The lowest BCUT2D eigenvalue weighted by atomic mass is 9.97. The van der Waals surface area contributed by atoms with Gasteiger partial charge in [0.15, 0.2) is 5.82 Å². The fraction of sp³-hybridized carbons (Fsp3) is 0.389. The van der Waals surface area contributed by atoms with Crippen molar-refractivity contribution in [2.45, 2.75) is 38.5 Å². The Kier molecular flexibility index (Phi) is 4.75. The van der Waals surface area contributed by atoms with Crippen LogP contribution in [-0.2, 0) is 17.6 Å². The van der Waals surface area contributed by atoms with Gasteiger partial charge in [-0.1, -0.05) is 0 Å². The largest absolute Gasteiger partial charge is 0.481 e. The second-order valence-electron chi connectivity index (χ2n) is 6.30. The average molecular weight is 369 g/mol. The molecule has 0 amide bonds. The first kappa shape index (κ1) is 16.8. The molecule has 0 radical (unpaired) electrons. The monoisotopic (exact) mass is 369 g/mol. The van der Waals surface area contributed by atoms with E-state index < -0.39 is 5.97 Å². The van der Waals surface area contributed by atoms with E-state index in [0.717, 1.165) is 28.9 Å². The summed E-state index contributed by atoms with van der Waals surface area (Å²) in [5, 5.41) is 13.3. The van der Waals surface area contributed by atoms with Gasteiger partial charge in [0.25, 0.3) is 0 Å². The number of carbonyl (C=O) groups is 1. The van der Waals surface area contributed by atoms with E-state index >= 15 is 0 Å². The number of hydrogen-bond donors (Lipinski definition) is 2. The van der Waals surface area contributed by atoms with Gasteiger partial charge in [-0.3, -0.25) is 9.78 Å². The summed E-state index contributed by atoms with van der Waals surface area (Å²) in [7, 11) is 0. The third-order valence-electron chi connectivity index (χ3n) is 4.47. The predicted molar refractivity (Wildman–Crippen MR) is 100 cm³/mol. The Morgan fingerprint density at radius 1 is 1.23 bits per heavy atom. The van der Waals surface area contributed by atoms with Crippen LogP contribution in [0.25, 0.3) is 21.7 Å². The maximum absolute atomic E-state index is 10.7. The summed E-state index contributed by atoms with van der Waals surface area (Å²) in [6, 6.07) is 0. The van der Waals surface area contributed by atoms with Gasteiger partial charge in [-0.05, 0) is 37.7 Å². The average Bonchev–Trinajstić information content (AvgIpc) is 3.04. The molecule has 7 nitrogen and oxygen atoms in total. The van der Waals surface area contributed by atoms with Crippen LogP contribution in [-0.4, -0.2) is 37.6 Å². The number of rotatable bonds is 6. The molecule has 4 rings (SSSR count). The smallest absolute Gasteiger partial charge is 0.303 e. The van der Waals surface area contributed by atoms with Gasteiger partial charge < -0.3 is 10.4 Å². The first-order chi connectivity index (χ1) is 12.7. The zero-order valence-electron chi connectivity index (χ0n) is 14.2. The number of nitrogens with zero attached hydrogens (tertiary/aromatic N) is 4. The molecule has 1 aliphatic rings. The molecule has 134 valence electrons. The van der Waals surface area contributed by atoms with Gasteiger partial charge in [-0.25, -0.2) is 15.0 Å². The normalized spacial score (nSPS) is 13.5. The van der Waals surface area contributed by atoms with E-state index in [1.807, 2.05) is 0 Å². The van der Waals surface area contributed by atoms with E-state index in [1.165, 1.54) is 23.3 Å². The molecule has 0 saturated carbocycles. The van der Waals surface area contributed by atoms with Crippen molar-refractivity contribution in [2.24, 2.45) is 0 Å². The number of aryl methyl sites for hydroxylation is 2. The maximum atomic E-state index is 10.7. The van der Waals surface area contributed by atoms with Crippen molar-refractivity contribution in [2.75, 3.05) is 11.9 Å². The third-order valence-corrected chi connectivity index (χ3v) is 5.65. The topological polar surface area (TPSA) is 101 Å². The zero-order valence-corrected chi connectivity index (χ0v) is 15.1. The third kappa shape index (κ3) is 3.37. The Balaban J connectivity index is 1.75. The molecular formula is C18H19N5O2S. The lowest BCUT2D eigenvalue weighted by molar-refractivity contribution is -0.137. The second-order valence-corrected chi connectivity index (χ2v) is 7.39. The SMILES string of the molecule is O=C(O)CCCNc1nc(-c2cnccn2)nc2sc3c(c12)CCCC3. The summed E-state index contributed by atoms with van der Waals surface area (Å²) in [6.07, 6.45) is 10.1. The molecule has 0 spiro atoms. The molecule has 1 aliphatic carbocycles. The van der Waals surface area contributed by atoms with Crippen LogP contribution >= 0.6 is 11.3 Å². The first-order valence-electron chi connectivity index (χ1n) is 8.76. The molecule has 8 heteroatoms. The quantitative estimate of drug-likeness (QED) is 0.643. The van der Waals surface area contributed by atoms with Gasteiger partial charge >= 0.3 is 5.97 Å². The highest BCUT2D eigenvalue weighted by molar-refractivity contribution is 7.19. The standard InChI is InChI=1S/C18H19N5O2S/c24-14(25)6-3-7-21-17-15-11-4-1-2-5-13(11)26-18(15)23-16(22-17)12-10-19-8-9-20-12/h8-10H,1-7H2,(H,24,25)(H,21,22,23). The molecule has 3 aromatic heterocycles. The van der Waals surface area contributed by atoms with Crippen molar-refractivity contribution >= 4 is 33.3 Å². The van der Waals surface area contributed by atoms with Gasteiger partial charge in [0.1, 0.15) is 16.3 Å². The highest BCUT2D eigenvalue weighted by Gasteiger charge is 2.21. The van der Waals surface area contributed by atoms with E-state index in [-0.39, 0.29) is 6.42 Å². The lowest BCUT2D eigenvalue weighted by Crippen LogP contribution is -2.08. The Hall–Kier alpha value is -2.61. The van der Waals surface area contributed by atoms with Gasteiger partial charge in [-0.15, -0.1) is 11.3 Å². The number of carboxylic acid groups (broad SMARTS) is 1. The molecule has 2 N–H and O–H groups in total. The zero-order chi connectivity index (χ0) is 17.9. The Morgan fingerprint density at radius 2 is 2.12 bits per heavy atom. The van der Waals surface area contributed by atoms with E-state index in [2.05, 4.69) is 15.3 Å². The molecule has 0 atom stereocenters. The number of nitrogens with one attached hydrogen (secondary N) is 1. The van der Waals surface area contributed by atoms with Gasteiger partial charge in [0.2, 0.25) is 0 Å². The van der Waals surface area contributed by atoms with E-state index in [1.54, 1.807) is 29.9 Å². The van der Waals surface area contributed by atoms with Crippen LogP contribution in [0.15, 0.2) is 18.6 Å². The van der Waals surface area contributed by atoms with Crippen molar-refractivity contribution in [3.05, 3.63) is 29.0 Å². The number of aromatic nitrogens is 4. The fourth-order valence-corrected chi connectivity index (χ4v) is 4.52. The summed E-state index contributed by atoms with van der Waals surface area (Å²) >= 11 is 1.73. The van der Waals surface area contributed by atoms with Crippen LogP contribution in [0, 0.1) is 0 Å². The summed E-state index contributed by atoms with van der Waals surface area (Å²) in [5.74, 6) is 0.540. The minimum absolute atomic E-state index is 0.139. The maximum Gasteiger partial charge on any atom is 0.303 e. The van der Waals surface area contributed by atoms with Crippen LogP contribution in [0.3, 0.4) is 0 Å². The summed E-state index contributed by atoms with van der Waals surface area (Å²) in [4.78, 5) is 31.0. The fourth-order valence-electron chi connectivity index (χ4n) is 3.26. The Bertz CT molecular complexity index is 942. The van der Waals surface area contributed by atoms with Crippen molar-refractivity contribution in [3.8, 4) is 11.5 Å². The van der Waals surface area contributed by atoms with Gasteiger partial charge in [0, 0.05) is 30.2 Å². The van der Waals surface area contributed by atoms with Gasteiger partial charge in [0.05, 0.1) is 11.6 Å². The number of hydrogen-bond acceptors (Lipinski definition) is 7. The van der Waals surface area contributed by atoms with Crippen molar-refractivity contribution in [1.82, 2.24) is 19.9 Å². The first-order valence-corrected chi connectivity index (χ1v) is 9.58. The number of anilines is 1. The lowest BCUT2D eigenvalue weighted by Gasteiger charge is -2.13. The van der Waals surface area contributed by atoms with Gasteiger partial charge in [-0.2, -0.15) is 0 Å². The van der Waals surface area contributed by atoms with E-state index in [4.69, 9.17) is 15.1 Å². The van der Waals surface area contributed by atoms with Crippen molar-refractivity contribution < 1.29 is 9.90 Å². The molecule has 0 saturated heterocycles. The van der Waals surface area contributed by atoms with Crippen molar-refractivity contribution in [3.63, 3.8) is 0 Å². The number of carboxylic acids is 1. The number of thiophene rings is 1. The molecule has 0 bridgehead atoms. The molecule has 0 aromatic carbocycles. The Labute approximate surface area is 154 Å². The highest BCUT2D eigenvalue weighted by atomic mass is 32.1. The summed E-state index contributed by atoms with van der Waals surface area (Å²) in [5.41, 5.74) is 1.98. The molecule has 26 heavy (non-hydrogen) atoms. The number of fused-ring (bicyclic) bond motifs is 3. The summed E-state index contributed by atoms with van der Waals surface area (Å²) < 4.78 is 0. The molecule has 0 fully saturated rings. The molecule has 3 aromatic rings.